The highest BCUT2D eigenvalue weighted by molar-refractivity contribution is 4.68. The second-order valence-electron chi connectivity index (χ2n) is 5.07. The zero-order valence-corrected chi connectivity index (χ0v) is 10.7. The predicted octanol–water partition coefficient (Wildman–Crippen LogP) is 1.94. The lowest BCUT2D eigenvalue weighted by molar-refractivity contribution is -0.00558. The first-order valence-electron chi connectivity index (χ1n) is 6.72. The van der Waals surface area contributed by atoms with Gasteiger partial charge in [0.25, 0.3) is 0 Å². The van der Waals surface area contributed by atoms with Gasteiger partial charge in [-0.1, -0.05) is 33.1 Å². The third-order valence-electron chi connectivity index (χ3n) is 3.40. The van der Waals surface area contributed by atoms with E-state index in [1.807, 2.05) is 0 Å². The molecule has 1 rings (SSSR count). The summed E-state index contributed by atoms with van der Waals surface area (Å²) in [5.74, 6) is 0.683. The molecule has 0 saturated heterocycles. The Kier molecular flexibility index (Phi) is 7.01. The SMILES string of the molecule is CCC(C)CNCC(O)COC1CCCC1. The second-order valence-corrected chi connectivity index (χ2v) is 5.07. The summed E-state index contributed by atoms with van der Waals surface area (Å²) in [6.07, 6.45) is 6.15. The van der Waals surface area contributed by atoms with Gasteiger partial charge < -0.3 is 15.2 Å². The van der Waals surface area contributed by atoms with Crippen LogP contribution in [-0.4, -0.2) is 37.0 Å². The molecule has 3 heteroatoms. The van der Waals surface area contributed by atoms with Gasteiger partial charge in [-0.05, 0) is 25.3 Å². The van der Waals surface area contributed by atoms with E-state index in [-0.39, 0.29) is 6.10 Å². The van der Waals surface area contributed by atoms with E-state index in [1.165, 1.54) is 32.1 Å². The third-order valence-corrected chi connectivity index (χ3v) is 3.40. The number of nitrogens with one attached hydrogen (secondary N) is 1. The van der Waals surface area contributed by atoms with Crippen LogP contribution in [0, 0.1) is 5.92 Å². The van der Waals surface area contributed by atoms with E-state index >= 15 is 0 Å². The molecule has 1 aliphatic carbocycles. The Bertz CT molecular complexity index is 169. The summed E-state index contributed by atoms with van der Waals surface area (Å²) in [6.45, 7) is 6.52. The van der Waals surface area contributed by atoms with Crippen molar-refractivity contribution in [2.45, 2.75) is 58.2 Å². The van der Waals surface area contributed by atoms with Crippen molar-refractivity contribution in [3.05, 3.63) is 0 Å². The average Bonchev–Trinajstić information content (AvgIpc) is 2.79. The molecule has 1 fully saturated rings. The minimum atomic E-state index is -0.357. The van der Waals surface area contributed by atoms with Crippen LogP contribution in [0.4, 0.5) is 0 Å². The monoisotopic (exact) mass is 229 g/mol. The van der Waals surface area contributed by atoms with Crippen LogP contribution in [0.3, 0.4) is 0 Å². The number of hydrogen-bond donors (Lipinski definition) is 2. The molecule has 0 aromatic rings. The van der Waals surface area contributed by atoms with E-state index in [9.17, 15) is 5.11 Å². The van der Waals surface area contributed by atoms with Gasteiger partial charge in [-0.25, -0.2) is 0 Å². The first-order valence-corrected chi connectivity index (χ1v) is 6.72. The number of aliphatic hydroxyl groups excluding tert-OH is 1. The Morgan fingerprint density at radius 2 is 2.00 bits per heavy atom. The zero-order valence-electron chi connectivity index (χ0n) is 10.7. The molecule has 0 aromatic carbocycles. The topological polar surface area (TPSA) is 41.5 Å². The fraction of sp³-hybridized carbons (Fsp3) is 1.00. The van der Waals surface area contributed by atoms with Gasteiger partial charge in [-0.3, -0.25) is 0 Å². The van der Waals surface area contributed by atoms with Crippen molar-refractivity contribution in [3.63, 3.8) is 0 Å². The van der Waals surface area contributed by atoms with Crippen molar-refractivity contribution < 1.29 is 9.84 Å². The molecule has 0 bridgehead atoms. The van der Waals surface area contributed by atoms with Crippen LogP contribution in [0.15, 0.2) is 0 Å². The van der Waals surface area contributed by atoms with Crippen molar-refractivity contribution in [2.75, 3.05) is 19.7 Å². The van der Waals surface area contributed by atoms with Crippen LogP contribution in [0.5, 0.6) is 0 Å². The molecule has 0 heterocycles. The maximum atomic E-state index is 9.71. The lowest BCUT2D eigenvalue weighted by Crippen LogP contribution is -2.33. The summed E-state index contributed by atoms with van der Waals surface area (Å²) in [4.78, 5) is 0. The minimum absolute atomic E-state index is 0.357. The number of ether oxygens (including phenoxy) is 1. The van der Waals surface area contributed by atoms with E-state index in [0.717, 1.165) is 6.54 Å². The first-order chi connectivity index (χ1) is 7.72. The van der Waals surface area contributed by atoms with Crippen molar-refractivity contribution in [3.8, 4) is 0 Å². The fourth-order valence-corrected chi connectivity index (χ4v) is 2.00. The van der Waals surface area contributed by atoms with Crippen molar-refractivity contribution in [1.82, 2.24) is 5.32 Å². The van der Waals surface area contributed by atoms with Gasteiger partial charge in [0.1, 0.15) is 0 Å². The summed E-state index contributed by atoms with van der Waals surface area (Å²) < 4.78 is 5.66. The van der Waals surface area contributed by atoms with Crippen molar-refractivity contribution >= 4 is 0 Å². The van der Waals surface area contributed by atoms with Crippen LogP contribution in [0.25, 0.3) is 0 Å². The van der Waals surface area contributed by atoms with Crippen molar-refractivity contribution in [1.29, 1.82) is 0 Å². The van der Waals surface area contributed by atoms with Gasteiger partial charge in [0.2, 0.25) is 0 Å². The summed E-state index contributed by atoms with van der Waals surface area (Å²) in [5, 5.41) is 13.0. The lowest BCUT2D eigenvalue weighted by Gasteiger charge is -2.17. The number of hydrogen-bond acceptors (Lipinski definition) is 3. The zero-order chi connectivity index (χ0) is 11.8. The van der Waals surface area contributed by atoms with Crippen LogP contribution in [-0.2, 0) is 4.74 Å². The summed E-state index contributed by atoms with van der Waals surface area (Å²) >= 11 is 0. The van der Waals surface area contributed by atoms with Crippen LogP contribution < -0.4 is 5.32 Å². The minimum Gasteiger partial charge on any atom is -0.389 e. The highest BCUT2D eigenvalue weighted by Gasteiger charge is 2.16. The average molecular weight is 229 g/mol. The van der Waals surface area contributed by atoms with Gasteiger partial charge in [0.05, 0.1) is 18.8 Å². The van der Waals surface area contributed by atoms with Gasteiger partial charge in [-0.15, -0.1) is 0 Å². The largest absolute Gasteiger partial charge is 0.389 e. The smallest absolute Gasteiger partial charge is 0.0897 e. The van der Waals surface area contributed by atoms with Gasteiger partial charge in [-0.2, -0.15) is 0 Å². The molecular weight excluding hydrogens is 202 g/mol. The molecule has 0 radical (unpaired) electrons. The maximum absolute atomic E-state index is 9.71. The highest BCUT2D eigenvalue weighted by atomic mass is 16.5. The Balaban J connectivity index is 1.95. The van der Waals surface area contributed by atoms with E-state index in [1.54, 1.807) is 0 Å². The molecule has 16 heavy (non-hydrogen) atoms. The summed E-state index contributed by atoms with van der Waals surface area (Å²) in [7, 11) is 0. The molecule has 0 spiro atoms. The van der Waals surface area contributed by atoms with Crippen LogP contribution in [0.1, 0.15) is 46.0 Å². The van der Waals surface area contributed by atoms with Gasteiger partial charge in [0.15, 0.2) is 0 Å². The van der Waals surface area contributed by atoms with Crippen LogP contribution in [0.2, 0.25) is 0 Å². The van der Waals surface area contributed by atoms with Gasteiger partial charge in [0, 0.05) is 6.54 Å². The second kappa shape index (κ2) is 8.04. The molecule has 96 valence electrons. The molecule has 1 aliphatic rings. The molecule has 0 aromatic heterocycles. The van der Waals surface area contributed by atoms with Gasteiger partial charge >= 0.3 is 0 Å². The first kappa shape index (κ1) is 13.9. The molecule has 2 atom stereocenters. The Morgan fingerprint density at radius 1 is 1.31 bits per heavy atom. The van der Waals surface area contributed by atoms with E-state index < -0.39 is 0 Å². The molecule has 3 nitrogen and oxygen atoms in total. The van der Waals surface area contributed by atoms with E-state index in [0.29, 0.717) is 25.2 Å². The maximum Gasteiger partial charge on any atom is 0.0897 e. The number of aliphatic hydroxyl groups is 1. The number of rotatable bonds is 8. The van der Waals surface area contributed by atoms with E-state index in [2.05, 4.69) is 19.2 Å². The molecule has 0 amide bonds. The molecule has 0 aliphatic heterocycles. The fourth-order valence-electron chi connectivity index (χ4n) is 2.00. The molecule has 2 N–H and O–H groups in total. The molecule has 2 unspecified atom stereocenters. The quantitative estimate of drug-likeness (QED) is 0.668. The summed E-state index contributed by atoms with van der Waals surface area (Å²) in [5.41, 5.74) is 0. The predicted molar refractivity (Wildman–Crippen MR) is 66.5 cm³/mol. The standard InChI is InChI=1S/C13H27NO2/c1-3-11(2)8-14-9-12(15)10-16-13-6-4-5-7-13/h11-15H,3-10H2,1-2H3. The highest BCUT2D eigenvalue weighted by Crippen LogP contribution is 2.20. The molecule has 1 saturated carbocycles. The summed E-state index contributed by atoms with van der Waals surface area (Å²) in [6, 6.07) is 0. The van der Waals surface area contributed by atoms with E-state index in [4.69, 9.17) is 4.74 Å². The molecular formula is C13H27NO2. The Hall–Kier alpha value is -0.120. The Morgan fingerprint density at radius 3 is 2.62 bits per heavy atom. The lowest BCUT2D eigenvalue weighted by atomic mass is 10.1. The van der Waals surface area contributed by atoms with Crippen LogP contribution >= 0.6 is 0 Å². The third kappa shape index (κ3) is 5.83. The van der Waals surface area contributed by atoms with Crippen molar-refractivity contribution in [2.24, 2.45) is 5.92 Å². The normalized spacial score (nSPS) is 21.2. The Labute approximate surface area is 99.6 Å².